The van der Waals surface area contributed by atoms with Crippen molar-refractivity contribution in [2.24, 2.45) is 0 Å². The van der Waals surface area contributed by atoms with E-state index in [2.05, 4.69) is 46.3 Å². The van der Waals surface area contributed by atoms with Crippen LogP contribution in [0.4, 0.5) is 0 Å². The normalized spacial score (nSPS) is 22.2. The molecule has 0 unspecified atom stereocenters. The highest BCUT2D eigenvalue weighted by Crippen LogP contribution is 2.41. The Morgan fingerprint density at radius 3 is 2.83 bits per heavy atom. The molecule has 3 heterocycles. The van der Waals surface area contributed by atoms with Gasteiger partial charge in [0.1, 0.15) is 0 Å². The molecule has 0 amide bonds. The molecule has 1 aromatic carbocycles. The molecule has 1 spiro atoms. The fourth-order valence-electron chi connectivity index (χ4n) is 3.53. The molecule has 2 N–H and O–H groups in total. The first-order valence-corrected chi connectivity index (χ1v) is 7.97. The predicted octanol–water partition coefficient (Wildman–Crippen LogP) is 3.04. The predicted molar refractivity (Wildman–Crippen MR) is 78.2 cm³/mol. The highest BCUT2D eigenvalue weighted by atomic mass is 32.2. The number of nitrogens with one attached hydrogen (secondary N) is 2. The highest BCUT2D eigenvalue weighted by molar-refractivity contribution is 7.99. The first-order valence-electron chi connectivity index (χ1n) is 6.82. The Morgan fingerprint density at radius 1 is 1.11 bits per heavy atom. The van der Waals surface area contributed by atoms with Gasteiger partial charge in [-0.25, -0.2) is 0 Å². The van der Waals surface area contributed by atoms with E-state index in [0.29, 0.717) is 0 Å². The Kier molecular flexibility index (Phi) is 2.45. The van der Waals surface area contributed by atoms with Crippen LogP contribution in [0.15, 0.2) is 24.3 Å². The van der Waals surface area contributed by atoms with E-state index in [1.807, 2.05) is 0 Å². The molecule has 1 fully saturated rings. The summed E-state index contributed by atoms with van der Waals surface area (Å²) in [4.78, 5) is 3.70. The molecule has 1 saturated heterocycles. The van der Waals surface area contributed by atoms with Crippen molar-refractivity contribution in [2.75, 3.05) is 18.1 Å². The monoisotopic (exact) mass is 258 g/mol. The van der Waals surface area contributed by atoms with Gasteiger partial charge in [-0.2, -0.15) is 11.8 Å². The summed E-state index contributed by atoms with van der Waals surface area (Å²) in [5.41, 5.74) is 4.59. The van der Waals surface area contributed by atoms with Crippen LogP contribution in [-0.2, 0) is 12.0 Å². The zero-order chi connectivity index (χ0) is 12.0. The van der Waals surface area contributed by atoms with E-state index >= 15 is 0 Å². The molecule has 2 aliphatic heterocycles. The molecule has 2 aromatic rings. The van der Waals surface area contributed by atoms with E-state index in [1.54, 1.807) is 5.56 Å². The molecule has 94 valence electrons. The molecule has 1 aromatic heterocycles. The molecular formula is C15H18N2S. The van der Waals surface area contributed by atoms with Crippen LogP contribution < -0.4 is 5.32 Å². The van der Waals surface area contributed by atoms with Gasteiger partial charge in [-0.15, -0.1) is 0 Å². The van der Waals surface area contributed by atoms with Crippen LogP contribution in [-0.4, -0.2) is 23.0 Å². The lowest BCUT2D eigenvalue weighted by molar-refractivity contribution is 0.285. The van der Waals surface area contributed by atoms with E-state index in [1.165, 1.54) is 40.9 Å². The Bertz CT molecular complexity index is 581. The number of thioether (sulfide) groups is 1. The molecule has 4 rings (SSSR count). The average Bonchev–Trinajstić information content (AvgIpc) is 2.81. The minimum Gasteiger partial charge on any atom is -0.357 e. The molecule has 0 saturated carbocycles. The molecule has 2 aliphatic rings. The third-order valence-corrected chi connectivity index (χ3v) is 5.46. The molecule has 0 atom stereocenters. The Hall–Kier alpha value is -0.930. The van der Waals surface area contributed by atoms with Gasteiger partial charge in [-0.05, 0) is 42.4 Å². The van der Waals surface area contributed by atoms with Crippen molar-refractivity contribution in [3.05, 3.63) is 35.5 Å². The lowest BCUT2D eigenvalue weighted by Crippen LogP contribution is -2.49. The second kappa shape index (κ2) is 4.04. The fourth-order valence-corrected chi connectivity index (χ4v) is 4.72. The number of hydrogen-bond acceptors (Lipinski definition) is 2. The zero-order valence-corrected chi connectivity index (χ0v) is 11.3. The summed E-state index contributed by atoms with van der Waals surface area (Å²) in [5, 5.41) is 5.24. The van der Waals surface area contributed by atoms with Gasteiger partial charge in [-0.3, -0.25) is 0 Å². The van der Waals surface area contributed by atoms with Gasteiger partial charge in [0.25, 0.3) is 0 Å². The highest BCUT2D eigenvalue weighted by Gasteiger charge is 2.39. The van der Waals surface area contributed by atoms with Crippen molar-refractivity contribution in [1.82, 2.24) is 10.3 Å². The van der Waals surface area contributed by atoms with Crippen molar-refractivity contribution < 1.29 is 0 Å². The second-order valence-corrected chi connectivity index (χ2v) is 6.62. The number of benzene rings is 1. The largest absolute Gasteiger partial charge is 0.357 e. The maximum Gasteiger partial charge on any atom is 0.0605 e. The van der Waals surface area contributed by atoms with Gasteiger partial charge in [0, 0.05) is 23.1 Å². The number of H-pyrrole nitrogens is 1. The molecule has 2 nitrogen and oxygen atoms in total. The lowest BCUT2D eigenvalue weighted by Gasteiger charge is -2.41. The minimum atomic E-state index is 0.234. The maximum absolute atomic E-state index is 3.81. The molecule has 3 heteroatoms. The number of rotatable bonds is 0. The van der Waals surface area contributed by atoms with Crippen LogP contribution in [0.1, 0.15) is 24.1 Å². The summed E-state index contributed by atoms with van der Waals surface area (Å²) in [6.45, 7) is 1.12. The third-order valence-electron chi connectivity index (χ3n) is 4.48. The van der Waals surface area contributed by atoms with Gasteiger partial charge in [0.2, 0.25) is 0 Å². The van der Waals surface area contributed by atoms with Crippen molar-refractivity contribution >= 4 is 22.7 Å². The lowest BCUT2D eigenvalue weighted by atomic mass is 9.82. The summed E-state index contributed by atoms with van der Waals surface area (Å²) >= 11 is 2.09. The quantitative estimate of drug-likeness (QED) is 0.760. The average molecular weight is 258 g/mol. The molecular weight excluding hydrogens is 240 g/mol. The third kappa shape index (κ3) is 1.47. The van der Waals surface area contributed by atoms with Crippen molar-refractivity contribution in [2.45, 2.75) is 24.8 Å². The van der Waals surface area contributed by atoms with E-state index in [0.717, 1.165) is 13.0 Å². The summed E-state index contributed by atoms with van der Waals surface area (Å²) < 4.78 is 0. The SMILES string of the molecule is c1ccc2c3c([nH]c2c1)C1(CCSCC1)NCC3. The van der Waals surface area contributed by atoms with Crippen LogP contribution >= 0.6 is 11.8 Å². The number of para-hydroxylation sites is 1. The summed E-state index contributed by atoms with van der Waals surface area (Å²) in [5.74, 6) is 2.56. The van der Waals surface area contributed by atoms with Crippen molar-refractivity contribution in [1.29, 1.82) is 0 Å². The van der Waals surface area contributed by atoms with E-state index in [-0.39, 0.29) is 5.54 Å². The topological polar surface area (TPSA) is 27.8 Å². The molecule has 0 bridgehead atoms. The van der Waals surface area contributed by atoms with Crippen LogP contribution in [0, 0.1) is 0 Å². The Balaban J connectivity index is 1.93. The minimum absolute atomic E-state index is 0.234. The van der Waals surface area contributed by atoms with Gasteiger partial charge in [0.05, 0.1) is 5.54 Å². The van der Waals surface area contributed by atoms with E-state index in [9.17, 15) is 0 Å². The standard InChI is InChI=1S/C15H18N2S/c1-2-4-13-11(3-1)12-5-8-16-15(14(12)17-13)6-9-18-10-7-15/h1-4,16-17H,5-10H2. The van der Waals surface area contributed by atoms with Gasteiger partial charge in [0.15, 0.2) is 0 Å². The second-order valence-electron chi connectivity index (χ2n) is 5.40. The number of aromatic nitrogens is 1. The number of aromatic amines is 1. The first-order chi connectivity index (χ1) is 8.89. The maximum atomic E-state index is 3.81. The van der Waals surface area contributed by atoms with Crippen molar-refractivity contribution in [3.63, 3.8) is 0 Å². The first kappa shape index (κ1) is 10.9. The van der Waals surface area contributed by atoms with Gasteiger partial charge in [-0.1, -0.05) is 18.2 Å². The van der Waals surface area contributed by atoms with Crippen LogP contribution in [0.3, 0.4) is 0 Å². The van der Waals surface area contributed by atoms with Gasteiger partial charge < -0.3 is 10.3 Å². The van der Waals surface area contributed by atoms with Gasteiger partial charge >= 0.3 is 0 Å². The molecule has 18 heavy (non-hydrogen) atoms. The number of fused-ring (bicyclic) bond motifs is 4. The van der Waals surface area contributed by atoms with Crippen molar-refractivity contribution in [3.8, 4) is 0 Å². The molecule has 0 aliphatic carbocycles. The van der Waals surface area contributed by atoms with E-state index in [4.69, 9.17) is 0 Å². The fraction of sp³-hybridized carbons (Fsp3) is 0.467. The smallest absolute Gasteiger partial charge is 0.0605 e. The van der Waals surface area contributed by atoms with E-state index < -0.39 is 0 Å². The Labute approximate surface area is 112 Å². The summed E-state index contributed by atoms with van der Waals surface area (Å²) in [7, 11) is 0. The zero-order valence-electron chi connectivity index (χ0n) is 10.5. The number of hydrogen-bond donors (Lipinski definition) is 2. The van der Waals surface area contributed by atoms with Crippen LogP contribution in [0.25, 0.3) is 10.9 Å². The Morgan fingerprint density at radius 2 is 1.94 bits per heavy atom. The molecule has 0 radical (unpaired) electrons. The summed E-state index contributed by atoms with van der Waals surface area (Å²) in [6.07, 6.45) is 3.68. The summed E-state index contributed by atoms with van der Waals surface area (Å²) in [6, 6.07) is 8.75. The van der Waals surface area contributed by atoms with Crippen LogP contribution in [0.2, 0.25) is 0 Å². The van der Waals surface area contributed by atoms with Crippen LogP contribution in [0.5, 0.6) is 0 Å².